The monoisotopic (exact) mass is 439 g/mol. The van der Waals surface area contributed by atoms with Crippen LogP contribution in [0.15, 0.2) is 24.4 Å². The fourth-order valence-electron chi connectivity index (χ4n) is 2.91. The number of nitrogens with zero attached hydrogens (tertiary/aromatic N) is 7. The number of hydrogen-bond acceptors (Lipinski definition) is 8. The van der Waals surface area contributed by atoms with Crippen LogP contribution in [0.4, 0.5) is 10.8 Å². The van der Waals surface area contributed by atoms with E-state index in [9.17, 15) is 4.79 Å². The molecule has 0 amide bonds. The molecular weight excluding hydrogens is 425 g/mol. The quantitative estimate of drug-likeness (QED) is 0.646. The molecule has 1 aliphatic rings. The Balaban J connectivity index is 1.42. The van der Waals surface area contributed by atoms with E-state index in [2.05, 4.69) is 30.2 Å². The summed E-state index contributed by atoms with van der Waals surface area (Å²) in [6, 6.07) is 5.47. The summed E-state index contributed by atoms with van der Waals surface area (Å²) in [5, 5.41) is 22.7. The highest BCUT2D eigenvalue weighted by molar-refractivity contribution is 7.18. The summed E-state index contributed by atoms with van der Waals surface area (Å²) in [7, 11) is 0. The third kappa shape index (κ3) is 4.03. The fourth-order valence-corrected chi connectivity index (χ4v) is 4.21. The lowest BCUT2D eigenvalue weighted by Gasteiger charge is -2.36. The molecular formula is C16H15Cl2N7O2S. The number of tetrazole rings is 1. The van der Waals surface area contributed by atoms with E-state index in [0.29, 0.717) is 15.9 Å². The zero-order chi connectivity index (χ0) is 19.7. The Hall–Kier alpha value is -2.43. The molecule has 1 aromatic carbocycles. The van der Waals surface area contributed by atoms with Gasteiger partial charge in [0.15, 0.2) is 11.7 Å². The normalized spacial score (nSPS) is 14.5. The minimum atomic E-state index is -1.02. The molecule has 4 rings (SSSR count). The number of carboxylic acids is 1. The second kappa shape index (κ2) is 7.90. The van der Waals surface area contributed by atoms with Crippen LogP contribution in [0.5, 0.6) is 0 Å². The molecule has 9 nitrogen and oxygen atoms in total. The maximum atomic E-state index is 10.7. The van der Waals surface area contributed by atoms with Gasteiger partial charge in [-0.3, -0.25) is 4.79 Å². The molecule has 1 N–H and O–H groups in total. The van der Waals surface area contributed by atoms with Gasteiger partial charge in [-0.15, -0.1) is 10.2 Å². The van der Waals surface area contributed by atoms with E-state index in [4.69, 9.17) is 28.3 Å². The number of benzene rings is 1. The number of rotatable bonds is 5. The average Bonchev–Trinajstić information content (AvgIpc) is 3.33. The Kier molecular flexibility index (Phi) is 5.33. The fraction of sp³-hybridized carbons (Fsp3) is 0.312. The first kappa shape index (κ1) is 18.9. The number of carboxylic acid groups (broad SMARTS) is 1. The van der Waals surface area contributed by atoms with Crippen molar-refractivity contribution in [3.8, 4) is 10.7 Å². The number of aliphatic carboxylic acids is 1. The van der Waals surface area contributed by atoms with E-state index < -0.39 is 5.97 Å². The summed E-state index contributed by atoms with van der Waals surface area (Å²) in [4.78, 5) is 21.4. The molecule has 0 unspecified atom stereocenters. The predicted molar refractivity (Wildman–Crippen MR) is 107 cm³/mol. The predicted octanol–water partition coefficient (Wildman–Crippen LogP) is 2.51. The van der Waals surface area contributed by atoms with Crippen LogP contribution >= 0.6 is 34.5 Å². The number of anilines is 2. The lowest BCUT2D eigenvalue weighted by molar-refractivity contribution is -0.138. The van der Waals surface area contributed by atoms with Crippen molar-refractivity contribution in [3.63, 3.8) is 0 Å². The largest absolute Gasteiger partial charge is 0.480 e. The van der Waals surface area contributed by atoms with Gasteiger partial charge in [0.25, 0.3) is 0 Å². The van der Waals surface area contributed by atoms with Gasteiger partial charge in [0, 0.05) is 31.2 Å². The van der Waals surface area contributed by atoms with Gasteiger partial charge in [0.05, 0.1) is 21.8 Å². The van der Waals surface area contributed by atoms with Gasteiger partial charge >= 0.3 is 5.97 Å². The van der Waals surface area contributed by atoms with Gasteiger partial charge in [-0.1, -0.05) is 34.5 Å². The van der Waals surface area contributed by atoms with E-state index in [0.717, 1.165) is 46.7 Å². The van der Waals surface area contributed by atoms with Crippen LogP contribution in [0.1, 0.15) is 0 Å². The Morgan fingerprint density at radius 1 is 1.18 bits per heavy atom. The van der Waals surface area contributed by atoms with Crippen LogP contribution in [0, 0.1) is 0 Å². The minimum Gasteiger partial charge on any atom is -0.480 e. The zero-order valence-electron chi connectivity index (χ0n) is 14.5. The van der Waals surface area contributed by atoms with Crippen molar-refractivity contribution in [2.24, 2.45) is 0 Å². The molecule has 1 saturated heterocycles. The van der Waals surface area contributed by atoms with Crippen molar-refractivity contribution < 1.29 is 9.90 Å². The summed E-state index contributed by atoms with van der Waals surface area (Å²) in [5.74, 6) is -0.652. The van der Waals surface area contributed by atoms with Crippen molar-refractivity contribution >= 4 is 51.3 Å². The second-order valence-electron chi connectivity index (χ2n) is 6.11. The Morgan fingerprint density at radius 2 is 1.93 bits per heavy atom. The molecule has 0 atom stereocenters. The van der Waals surface area contributed by atoms with Gasteiger partial charge in [0.2, 0.25) is 5.82 Å². The summed E-state index contributed by atoms with van der Waals surface area (Å²) < 4.78 is 0. The van der Waals surface area contributed by atoms with E-state index >= 15 is 0 Å². The number of hydrogen-bond donors (Lipinski definition) is 1. The summed E-state index contributed by atoms with van der Waals surface area (Å²) in [6.07, 6.45) is 1.68. The second-order valence-corrected chi connectivity index (χ2v) is 7.97. The standard InChI is InChI=1S/C16H15Cl2N7O2S/c17-10-1-2-11(18)12(7-10)23-3-5-24(6-4-23)16-19-8-13(28-16)15-20-22-25(21-15)9-14(26)27/h1-2,7-8H,3-6,9H2,(H,26,27). The summed E-state index contributed by atoms with van der Waals surface area (Å²) in [5.41, 5.74) is 0.938. The number of aromatic nitrogens is 5. The Labute approximate surface area is 174 Å². The molecule has 1 aliphatic heterocycles. The van der Waals surface area contributed by atoms with Crippen molar-refractivity contribution in [3.05, 3.63) is 34.4 Å². The molecule has 146 valence electrons. The molecule has 0 saturated carbocycles. The first-order valence-corrected chi connectivity index (χ1v) is 9.97. The third-order valence-electron chi connectivity index (χ3n) is 4.24. The zero-order valence-corrected chi connectivity index (χ0v) is 16.8. The molecule has 0 spiro atoms. The SMILES string of the molecule is O=C(O)Cn1nnc(-c2cnc(N3CCN(c4cc(Cl)ccc4Cl)CC3)s2)n1. The van der Waals surface area contributed by atoms with Crippen molar-refractivity contribution in [2.75, 3.05) is 36.0 Å². The van der Waals surface area contributed by atoms with Crippen molar-refractivity contribution in [1.82, 2.24) is 25.2 Å². The molecule has 28 heavy (non-hydrogen) atoms. The van der Waals surface area contributed by atoms with Gasteiger partial charge in [0.1, 0.15) is 0 Å². The van der Waals surface area contributed by atoms with E-state index in [1.807, 2.05) is 12.1 Å². The molecule has 1 fully saturated rings. The van der Waals surface area contributed by atoms with Crippen LogP contribution in [0.25, 0.3) is 10.7 Å². The van der Waals surface area contributed by atoms with Crippen LogP contribution < -0.4 is 9.80 Å². The molecule has 0 radical (unpaired) electrons. The first-order valence-electron chi connectivity index (χ1n) is 8.40. The third-order valence-corrected chi connectivity index (χ3v) is 5.85. The highest BCUT2D eigenvalue weighted by atomic mass is 35.5. The van der Waals surface area contributed by atoms with Gasteiger partial charge < -0.3 is 14.9 Å². The summed E-state index contributed by atoms with van der Waals surface area (Å²) in [6.45, 7) is 2.83. The van der Waals surface area contributed by atoms with E-state index in [-0.39, 0.29) is 6.54 Å². The number of carbonyl (C=O) groups is 1. The van der Waals surface area contributed by atoms with Crippen LogP contribution in [0.2, 0.25) is 10.0 Å². The molecule has 0 bridgehead atoms. The maximum Gasteiger partial charge on any atom is 0.327 e. The van der Waals surface area contributed by atoms with Crippen molar-refractivity contribution in [1.29, 1.82) is 0 Å². The van der Waals surface area contributed by atoms with E-state index in [1.54, 1.807) is 12.3 Å². The average molecular weight is 440 g/mol. The Morgan fingerprint density at radius 3 is 2.68 bits per heavy atom. The number of halogens is 2. The van der Waals surface area contributed by atoms with Crippen LogP contribution in [-0.4, -0.2) is 62.4 Å². The molecule has 3 heterocycles. The van der Waals surface area contributed by atoms with Crippen LogP contribution in [0.3, 0.4) is 0 Å². The van der Waals surface area contributed by atoms with Gasteiger partial charge in [-0.2, -0.15) is 4.80 Å². The van der Waals surface area contributed by atoms with Gasteiger partial charge in [-0.25, -0.2) is 4.98 Å². The minimum absolute atomic E-state index is 0.327. The molecule has 0 aliphatic carbocycles. The highest BCUT2D eigenvalue weighted by Gasteiger charge is 2.22. The van der Waals surface area contributed by atoms with Crippen molar-refractivity contribution in [2.45, 2.75) is 6.54 Å². The highest BCUT2D eigenvalue weighted by Crippen LogP contribution is 2.32. The van der Waals surface area contributed by atoms with E-state index in [1.165, 1.54) is 11.3 Å². The molecule has 12 heteroatoms. The lowest BCUT2D eigenvalue weighted by atomic mass is 10.2. The van der Waals surface area contributed by atoms with Crippen LogP contribution in [-0.2, 0) is 11.3 Å². The van der Waals surface area contributed by atoms with Gasteiger partial charge in [-0.05, 0) is 23.4 Å². The molecule has 3 aromatic rings. The molecule has 2 aromatic heterocycles. The lowest BCUT2D eigenvalue weighted by Crippen LogP contribution is -2.46. The first-order chi connectivity index (χ1) is 13.5. The Bertz CT molecular complexity index is 1000. The number of piperazine rings is 1. The maximum absolute atomic E-state index is 10.7. The topological polar surface area (TPSA) is 100 Å². The summed E-state index contributed by atoms with van der Waals surface area (Å²) >= 11 is 13.9. The smallest absolute Gasteiger partial charge is 0.327 e. The number of thiazole rings is 1.